The number of halogens is 1. The van der Waals surface area contributed by atoms with Crippen molar-refractivity contribution in [2.45, 2.75) is 18.7 Å². The number of aryl methyl sites for hydroxylation is 1. The summed E-state index contributed by atoms with van der Waals surface area (Å²) in [6, 6.07) is 8.51. The molecule has 0 bridgehead atoms. The first-order valence-electron chi connectivity index (χ1n) is 6.14. The van der Waals surface area contributed by atoms with Crippen molar-refractivity contribution in [3.63, 3.8) is 0 Å². The maximum atomic E-state index is 11.6. The molecular weight excluding hydrogens is 310 g/mol. The van der Waals surface area contributed by atoms with Crippen LogP contribution in [0.4, 0.5) is 17.1 Å². The first kappa shape index (κ1) is 15.6. The zero-order chi connectivity index (χ0) is 15.8. The SMILES string of the molecule is Cc1ccc(Nc2cc(N)cc(S(N)(=O)=O)c2C)c(Cl)c1. The van der Waals surface area contributed by atoms with Gasteiger partial charge in [-0.05, 0) is 49.2 Å². The van der Waals surface area contributed by atoms with Crippen molar-refractivity contribution in [2.24, 2.45) is 5.14 Å². The number of hydrogen-bond acceptors (Lipinski definition) is 4. The molecule has 21 heavy (non-hydrogen) atoms. The fourth-order valence-corrected chi connectivity index (χ4v) is 3.12. The predicted octanol–water partition coefficient (Wildman–Crippen LogP) is 2.93. The summed E-state index contributed by atoms with van der Waals surface area (Å²) in [4.78, 5) is -0.00626. The number of anilines is 3. The number of nitrogens with one attached hydrogen (secondary N) is 1. The van der Waals surface area contributed by atoms with Crippen LogP contribution in [0.1, 0.15) is 11.1 Å². The maximum Gasteiger partial charge on any atom is 0.238 e. The van der Waals surface area contributed by atoms with Crippen molar-refractivity contribution in [3.05, 3.63) is 46.5 Å². The molecule has 5 nitrogen and oxygen atoms in total. The Hall–Kier alpha value is -1.76. The Morgan fingerprint density at radius 3 is 2.33 bits per heavy atom. The standard InChI is InChI=1S/C14H16ClN3O2S/c1-8-3-4-12(11(15)5-8)18-13-6-10(16)7-14(9(13)2)21(17,19)20/h3-7,18H,16H2,1-2H3,(H2,17,19,20). The van der Waals surface area contributed by atoms with Gasteiger partial charge in [0.25, 0.3) is 0 Å². The molecule has 0 saturated carbocycles. The van der Waals surface area contributed by atoms with Crippen molar-refractivity contribution in [3.8, 4) is 0 Å². The third-order valence-electron chi connectivity index (χ3n) is 3.08. The Bertz CT molecular complexity index is 804. The van der Waals surface area contributed by atoms with E-state index in [-0.39, 0.29) is 4.90 Å². The molecule has 7 heteroatoms. The van der Waals surface area contributed by atoms with Crippen molar-refractivity contribution < 1.29 is 8.42 Å². The number of sulfonamides is 1. The number of nitrogens with two attached hydrogens (primary N) is 2. The summed E-state index contributed by atoms with van der Waals surface area (Å²) in [5, 5.41) is 8.83. The highest BCUT2D eigenvalue weighted by Crippen LogP contribution is 2.31. The minimum Gasteiger partial charge on any atom is -0.399 e. The molecule has 112 valence electrons. The number of nitrogen functional groups attached to an aromatic ring is 1. The van der Waals surface area contributed by atoms with E-state index in [1.807, 2.05) is 25.1 Å². The largest absolute Gasteiger partial charge is 0.399 e. The summed E-state index contributed by atoms with van der Waals surface area (Å²) in [7, 11) is -3.84. The molecule has 0 heterocycles. The predicted molar refractivity (Wildman–Crippen MR) is 86.4 cm³/mol. The van der Waals surface area contributed by atoms with Gasteiger partial charge in [0.15, 0.2) is 0 Å². The second kappa shape index (κ2) is 5.55. The van der Waals surface area contributed by atoms with Crippen LogP contribution in [-0.2, 0) is 10.0 Å². The van der Waals surface area contributed by atoms with Gasteiger partial charge in [0.05, 0.1) is 15.6 Å². The van der Waals surface area contributed by atoms with Crippen LogP contribution in [0.3, 0.4) is 0 Å². The first-order chi connectivity index (χ1) is 9.68. The number of primary sulfonamides is 1. The highest BCUT2D eigenvalue weighted by atomic mass is 35.5. The van der Waals surface area contributed by atoms with Crippen molar-refractivity contribution >= 4 is 38.7 Å². The Kier molecular flexibility index (Phi) is 4.13. The number of hydrogen-bond donors (Lipinski definition) is 3. The third kappa shape index (κ3) is 3.47. The highest BCUT2D eigenvalue weighted by molar-refractivity contribution is 7.89. The van der Waals surface area contributed by atoms with Crippen LogP contribution in [0.2, 0.25) is 5.02 Å². The molecule has 0 amide bonds. The number of benzene rings is 2. The van der Waals surface area contributed by atoms with Gasteiger partial charge in [0, 0.05) is 11.4 Å². The van der Waals surface area contributed by atoms with Gasteiger partial charge < -0.3 is 11.1 Å². The van der Waals surface area contributed by atoms with E-state index in [9.17, 15) is 8.42 Å². The van der Waals surface area contributed by atoms with Crippen LogP contribution in [-0.4, -0.2) is 8.42 Å². The molecule has 0 fully saturated rings. The Balaban J connectivity index is 2.52. The Labute approximate surface area is 129 Å². The van der Waals surface area contributed by atoms with Gasteiger partial charge in [-0.3, -0.25) is 0 Å². The third-order valence-corrected chi connectivity index (χ3v) is 4.43. The molecule has 2 rings (SSSR count). The van der Waals surface area contributed by atoms with Gasteiger partial charge in [-0.2, -0.15) is 0 Å². The van der Waals surface area contributed by atoms with Crippen LogP contribution in [0.5, 0.6) is 0 Å². The van der Waals surface area contributed by atoms with E-state index >= 15 is 0 Å². The molecule has 0 aliphatic rings. The Morgan fingerprint density at radius 2 is 1.76 bits per heavy atom. The van der Waals surface area contributed by atoms with Gasteiger partial charge in [-0.1, -0.05) is 17.7 Å². The first-order valence-corrected chi connectivity index (χ1v) is 8.07. The van der Waals surface area contributed by atoms with Crippen LogP contribution in [0, 0.1) is 13.8 Å². The highest BCUT2D eigenvalue weighted by Gasteiger charge is 2.16. The molecular formula is C14H16ClN3O2S. The molecule has 0 unspecified atom stereocenters. The zero-order valence-corrected chi connectivity index (χ0v) is 13.2. The minimum atomic E-state index is -3.84. The molecule has 2 aromatic carbocycles. The second-order valence-electron chi connectivity index (χ2n) is 4.84. The van der Waals surface area contributed by atoms with Gasteiger partial charge in [-0.25, -0.2) is 13.6 Å². The molecule has 5 N–H and O–H groups in total. The summed E-state index contributed by atoms with van der Waals surface area (Å²) in [5.41, 5.74) is 8.78. The molecule has 0 aromatic heterocycles. The Morgan fingerprint density at radius 1 is 1.10 bits per heavy atom. The van der Waals surface area contributed by atoms with Crippen LogP contribution < -0.4 is 16.2 Å². The molecule has 0 atom stereocenters. The van der Waals surface area contributed by atoms with Gasteiger partial charge in [-0.15, -0.1) is 0 Å². The monoisotopic (exact) mass is 325 g/mol. The fraction of sp³-hybridized carbons (Fsp3) is 0.143. The lowest BCUT2D eigenvalue weighted by Crippen LogP contribution is -2.15. The fourth-order valence-electron chi connectivity index (χ4n) is 2.00. The summed E-state index contributed by atoms with van der Waals surface area (Å²) in [6.45, 7) is 3.59. The van der Waals surface area contributed by atoms with Crippen LogP contribution in [0.15, 0.2) is 35.2 Å². The molecule has 0 aliphatic heterocycles. The summed E-state index contributed by atoms with van der Waals surface area (Å²) >= 11 is 6.16. The molecule has 2 aromatic rings. The maximum absolute atomic E-state index is 11.6. The van der Waals surface area contributed by atoms with E-state index in [0.29, 0.717) is 27.6 Å². The van der Waals surface area contributed by atoms with E-state index in [4.69, 9.17) is 22.5 Å². The lowest BCUT2D eigenvalue weighted by molar-refractivity contribution is 0.597. The summed E-state index contributed by atoms with van der Waals surface area (Å²) < 4.78 is 23.2. The lowest BCUT2D eigenvalue weighted by Gasteiger charge is -2.15. The van der Waals surface area contributed by atoms with Crippen LogP contribution >= 0.6 is 11.6 Å². The van der Waals surface area contributed by atoms with Crippen molar-refractivity contribution in [2.75, 3.05) is 11.1 Å². The average molecular weight is 326 g/mol. The summed E-state index contributed by atoms with van der Waals surface area (Å²) in [5.74, 6) is 0. The minimum absolute atomic E-state index is 0.00626. The summed E-state index contributed by atoms with van der Waals surface area (Å²) in [6.07, 6.45) is 0. The van der Waals surface area contributed by atoms with E-state index < -0.39 is 10.0 Å². The molecule has 0 radical (unpaired) electrons. The van der Waals surface area contributed by atoms with Gasteiger partial charge in [0.1, 0.15) is 0 Å². The average Bonchev–Trinajstić information content (AvgIpc) is 2.35. The smallest absolute Gasteiger partial charge is 0.238 e. The molecule has 0 saturated heterocycles. The van der Waals surface area contributed by atoms with Gasteiger partial charge in [0.2, 0.25) is 10.0 Å². The topological polar surface area (TPSA) is 98.2 Å². The quantitative estimate of drug-likeness (QED) is 0.755. The number of rotatable bonds is 3. The van der Waals surface area contributed by atoms with Crippen LogP contribution in [0.25, 0.3) is 0 Å². The zero-order valence-electron chi connectivity index (χ0n) is 11.6. The van der Waals surface area contributed by atoms with Crippen molar-refractivity contribution in [1.29, 1.82) is 0 Å². The molecule has 0 aliphatic carbocycles. The second-order valence-corrected chi connectivity index (χ2v) is 6.78. The van der Waals surface area contributed by atoms with E-state index in [1.54, 1.807) is 13.0 Å². The van der Waals surface area contributed by atoms with E-state index in [0.717, 1.165) is 5.56 Å². The molecule has 0 spiro atoms. The normalized spacial score (nSPS) is 11.4. The van der Waals surface area contributed by atoms with Crippen molar-refractivity contribution in [1.82, 2.24) is 0 Å². The van der Waals surface area contributed by atoms with E-state index in [2.05, 4.69) is 5.32 Å². The van der Waals surface area contributed by atoms with E-state index in [1.165, 1.54) is 6.07 Å². The lowest BCUT2D eigenvalue weighted by atomic mass is 10.1. The van der Waals surface area contributed by atoms with Gasteiger partial charge >= 0.3 is 0 Å².